The second-order valence-electron chi connectivity index (χ2n) is 5.80. The highest BCUT2D eigenvalue weighted by atomic mass is 16.5. The third kappa shape index (κ3) is 2.56. The van der Waals surface area contributed by atoms with Gasteiger partial charge in [0.2, 0.25) is 0 Å². The molecule has 4 N–H and O–H groups in total. The van der Waals surface area contributed by atoms with Crippen LogP contribution in [0.2, 0.25) is 0 Å². The van der Waals surface area contributed by atoms with Crippen molar-refractivity contribution in [3.8, 4) is 17.5 Å². The van der Waals surface area contributed by atoms with Gasteiger partial charge in [-0.05, 0) is 31.5 Å². The number of hydrogen-bond donors (Lipinski definition) is 3. The van der Waals surface area contributed by atoms with Crippen LogP contribution >= 0.6 is 0 Å². The summed E-state index contributed by atoms with van der Waals surface area (Å²) in [5.74, 6) is 0.759. The number of ether oxygens (including phenoxy) is 1. The normalized spacial score (nSPS) is 10.5. The van der Waals surface area contributed by atoms with Gasteiger partial charge >= 0.3 is 6.09 Å². The Bertz CT molecular complexity index is 1080. The Kier molecular flexibility index (Phi) is 4.14. The maximum absolute atomic E-state index is 11.4. The van der Waals surface area contributed by atoms with Gasteiger partial charge < -0.3 is 15.6 Å². The van der Waals surface area contributed by atoms with Crippen LogP contribution in [0.3, 0.4) is 0 Å². The molecule has 0 saturated carbocycles. The first-order chi connectivity index (χ1) is 12.4. The number of pyridine rings is 1. The van der Waals surface area contributed by atoms with E-state index in [0.29, 0.717) is 28.2 Å². The van der Waals surface area contributed by atoms with Crippen LogP contribution < -0.4 is 15.8 Å². The summed E-state index contributed by atoms with van der Waals surface area (Å²) in [4.78, 5) is 15.7. The van der Waals surface area contributed by atoms with Gasteiger partial charge in [-0.1, -0.05) is 6.07 Å². The van der Waals surface area contributed by atoms with Gasteiger partial charge in [-0.15, -0.1) is 0 Å². The Hall–Kier alpha value is -3.73. The molecule has 0 saturated heterocycles. The smallest absolute Gasteiger partial charge is 0.410 e. The van der Waals surface area contributed by atoms with E-state index in [2.05, 4.69) is 16.4 Å². The number of carboxylic acid groups (broad SMARTS) is 1. The zero-order valence-electron chi connectivity index (χ0n) is 14.5. The summed E-state index contributed by atoms with van der Waals surface area (Å²) in [6.45, 7) is 3.75. The summed E-state index contributed by atoms with van der Waals surface area (Å²) in [6, 6.07) is 7.36. The van der Waals surface area contributed by atoms with Crippen LogP contribution in [0.5, 0.6) is 5.75 Å². The number of aromatic nitrogens is 2. The Morgan fingerprint density at radius 2 is 2.15 bits per heavy atom. The number of rotatable bonds is 3. The van der Waals surface area contributed by atoms with Crippen LogP contribution in [0.4, 0.5) is 16.3 Å². The molecule has 1 aromatic carbocycles. The first-order valence-electron chi connectivity index (χ1n) is 7.73. The van der Waals surface area contributed by atoms with Crippen LogP contribution in [-0.2, 0) is 0 Å². The van der Waals surface area contributed by atoms with E-state index in [1.54, 1.807) is 17.7 Å². The van der Waals surface area contributed by atoms with Crippen molar-refractivity contribution in [3.63, 3.8) is 0 Å². The van der Waals surface area contributed by atoms with Crippen LogP contribution in [0.15, 0.2) is 24.4 Å². The van der Waals surface area contributed by atoms with Gasteiger partial charge in [0.1, 0.15) is 28.8 Å². The van der Waals surface area contributed by atoms with Gasteiger partial charge in [0.25, 0.3) is 0 Å². The SMILES string of the molecule is COc1ccc(C)c(-n2c(NC(=O)O)c(C#N)c3cc(N)cnc32)c1C. The van der Waals surface area contributed by atoms with E-state index < -0.39 is 6.09 Å². The predicted molar refractivity (Wildman–Crippen MR) is 97.9 cm³/mol. The quantitative estimate of drug-likeness (QED) is 0.665. The number of anilines is 2. The minimum Gasteiger partial charge on any atom is -0.496 e. The summed E-state index contributed by atoms with van der Waals surface area (Å²) in [6.07, 6.45) is 0.187. The molecule has 0 bridgehead atoms. The Morgan fingerprint density at radius 3 is 2.77 bits per heavy atom. The molecule has 2 aromatic heterocycles. The summed E-state index contributed by atoms with van der Waals surface area (Å²) in [5.41, 5.74) is 9.14. The number of amides is 1. The van der Waals surface area contributed by atoms with Crippen molar-refractivity contribution in [2.75, 3.05) is 18.2 Å². The molecule has 2 heterocycles. The molecule has 0 atom stereocenters. The van der Waals surface area contributed by atoms with Gasteiger partial charge in [0.05, 0.1) is 24.7 Å². The lowest BCUT2D eigenvalue weighted by Crippen LogP contribution is -2.14. The standard InChI is InChI=1S/C18H17N5O3/c1-9-4-5-14(26-3)10(2)15(9)23-16-12(6-11(20)8-21-16)13(7-19)17(23)22-18(24)25/h4-6,8,22H,20H2,1-3H3,(H,24,25). The van der Waals surface area contributed by atoms with Crippen molar-refractivity contribution in [2.45, 2.75) is 13.8 Å². The lowest BCUT2D eigenvalue weighted by molar-refractivity contribution is 0.209. The molecular formula is C18H17N5O3. The predicted octanol–water partition coefficient (Wildman–Crippen LogP) is 3.19. The van der Waals surface area contributed by atoms with E-state index in [-0.39, 0.29) is 11.4 Å². The molecule has 3 aromatic rings. The van der Waals surface area contributed by atoms with Crippen molar-refractivity contribution in [1.29, 1.82) is 5.26 Å². The van der Waals surface area contributed by atoms with Crippen molar-refractivity contribution in [1.82, 2.24) is 9.55 Å². The second kappa shape index (κ2) is 6.29. The van der Waals surface area contributed by atoms with E-state index in [4.69, 9.17) is 10.5 Å². The number of nitrogens with one attached hydrogen (secondary N) is 1. The summed E-state index contributed by atoms with van der Waals surface area (Å²) >= 11 is 0. The lowest BCUT2D eigenvalue weighted by atomic mass is 10.1. The molecule has 8 heteroatoms. The fourth-order valence-corrected chi connectivity index (χ4v) is 3.11. The number of hydrogen-bond acceptors (Lipinski definition) is 5. The fourth-order valence-electron chi connectivity index (χ4n) is 3.11. The Labute approximate surface area is 149 Å². The molecule has 0 fully saturated rings. The van der Waals surface area contributed by atoms with Crippen molar-refractivity contribution >= 4 is 28.6 Å². The molecule has 8 nitrogen and oxygen atoms in total. The van der Waals surface area contributed by atoms with Gasteiger partial charge in [-0.2, -0.15) is 5.26 Å². The highest BCUT2D eigenvalue weighted by Crippen LogP contribution is 2.37. The fraction of sp³-hybridized carbons (Fsp3) is 0.167. The Morgan fingerprint density at radius 1 is 1.42 bits per heavy atom. The molecule has 3 rings (SSSR count). The van der Waals surface area contributed by atoms with E-state index >= 15 is 0 Å². The van der Waals surface area contributed by atoms with Gasteiger partial charge in [-0.3, -0.25) is 9.88 Å². The molecular weight excluding hydrogens is 334 g/mol. The molecule has 0 radical (unpaired) electrons. The van der Waals surface area contributed by atoms with Crippen LogP contribution in [0.1, 0.15) is 16.7 Å². The highest BCUT2D eigenvalue weighted by Gasteiger charge is 2.24. The number of benzene rings is 1. The summed E-state index contributed by atoms with van der Waals surface area (Å²) in [5, 5.41) is 21.7. The lowest BCUT2D eigenvalue weighted by Gasteiger charge is -2.17. The van der Waals surface area contributed by atoms with Gasteiger partial charge in [-0.25, -0.2) is 9.78 Å². The van der Waals surface area contributed by atoms with Crippen LogP contribution in [0, 0.1) is 25.2 Å². The van der Waals surface area contributed by atoms with Crippen molar-refractivity contribution in [2.24, 2.45) is 0 Å². The summed E-state index contributed by atoms with van der Waals surface area (Å²) < 4.78 is 7.01. The van der Waals surface area contributed by atoms with E-state index in [9.17, 15) is 15.2 Å². The minimum absolute atomic E-state index is 0.118. The number of nitrogen functional groups attached to an aromatic ring is 1. The number of carbonyl (C=O) groups is 1. The van der Waals surface area contributed by atoms with Crippen molar-refractivity contribution in [3.05, 3.63) is 41.1 Å². The van der Waals surface area contributed by atoms with Gasteiger partial charge in [0.15, 0.2) is 0 Å². The maximum atomic E-state index is 11.4. The highest BCUT2D eigenvalue weighted by molar-refractivity contribution is 5.98. The first kappa shape index (κ1) is 17.1. The number of nitrogens with two attached hydrogens (primary N) is 1. The molecule has 0 aliphatic rings. The maximum Gasteiger partial charge on any atom is 0.410 e. The zero-order valence-corrected chi connectivity index (χ0v) is 14.5. The molecule has 1 amide bonds. The molecule has 26 heavy (non-hydrogen) atoms. The van der Waals surface area contributed by atoms with Crippen LogP contribution in [0.25, 0.3) is 16.7 Å². The molecule has 0 aliphatic carbocycles. The summed E-state index contributed by atoms with van der Waals surface area (Å²) in [7, 11) is 1.56. The number of nitrogens with zero attached hydrogens (tertiary/aromatic N) is 3. The largest absolute Gasteiger partial charge is 0.496 e. The molecule has 132 valence electrons. The number of aryl methyl sites for hydroxylation is 1. The average Bonchev–Trinajstić information content (AvgIpc) is 2.87. The third-order valence-electron chi connectivity index (χ3n) is 4.19. The van der Waals surface area contributed by atoms with Crippen molar-refractivity contribution < 1.29 is 14.6 Å². The van der Waals surface area contributed by atoms with E-state index in [0.717, 1.165) is 11.1 Å². The first-order valence-corrected chi connectivity index (χ1v) is 7.73. The van der Waals surface area contributed by atoms with E-state index in [1.165, 1.54) is 6.20 Å². The topological polar surface area (TPSA) is 126 Å². The van der Waals surface area contributed by atoms with Gasteiger partial charge in [0, 0.05) is 10.9 Å². The zero-order chi connectivity index (χ0) is 19.0. The number of nitriles is 1. The average molecular weight is 351 g/mol. The molecule has 0 spiro atoms. The van der Waals surface area contributed by atoms with E-state index in [1.807, 2.05) is 26.0 Å². The second-order valence-corrected chi connectivity index (χ2v) is 5.80. The third-order valence-corrected chi connectivity index (χ3v) is 4.19. The van der Waals surface area contributed by atoms with Crippen LogP contribution in [-0.4, -0.2) is 27.9 Å². The minimum atomic E-state index is -1.28. The molecule has 0 unspecified atom stereocenters. The monoisotopic (exact) mass is 351 g/mol. The Balaban J connectivity index is 2.51. The number of methoxy groups -OCH3 is 1. The molecule has 0 aliphatic heterocycles. The number of fused-ring (bicyclic) bond motifs is 1.